The summed E-state index contributed by atoms with van der Waals surface area (Å²) in [5, 5.41) is 0. The van der Waals surface area contributed by atoms with Gasteiger partial charge in [0.25, 0.3) is 0 Å². The van der Waals surface area contributed by atoms with Crippen molar-refractivity contribution in [3.05, 3.63) is 24.3 Å². The molecule has 0 atom stereocenters. The standard InChI is InChI=1S/C6H9Cl.C2H6/c1-3-4-6(2)5-7;1-2/h3-4H,1,5H2,2H3;1-2H3/b6-4+;. The highest BCUT2D eigenvalue weighted by atomic mass is 35.5. The Morgan fingerprint density at radius 2 is 2.00 bits per heavy atom. The lowest BCUT2D eigenvalue weighted by atomic mass is 10.3. The highest BCUT2D eigenvalue weighted by molar-refractivity contribution is 6.19. The maximum absolute atomic E-state index is 5.41. The minimum Gasteiger partial charge on any atom is -0.122 e. The van der Waals surface area contributed by atoms with Crippen LogP contribution in [0.1, 0.15) is 20.8 Å². The number of halogens is 1. The second-order valence-electron chi connectivity index (χ2n) is 1.38. The molecule has 0 aliphatic heterocycles. The molecule has 0 saturated carbocycles. The summed E-state index contributed by atoms with van der Waals surface area (Å²) in [5.41, 5.74) is 1.15. The van der Waals surface area contributed by atoms with E-state index >= 15 is 0 Å². The molecule has 0 rings (SSSR count). The minimum absolute atomic E-state index is 0.603. The van der Waals surface area contributed by atoms with E-state index in [1.54, 1.807) is 6.08 Å². The Kier molecular flexibility index (Phi) is 13.7. The summed E-state index contributed by atoms with van der Waals surface area (Å²) in [4.78, 5) is 0. The molecule has 1 heteroatoms. The number of rotatable bonds is 2. The van der Waals surface area contributed by atoms with Crippen LogP contribution in [0.5, 0.6) is 0 Å². The fourth-order valence-electron chi connectivity index (χ4n) is 0.246. The van der Waals surface area contributed by atoms with Crippen LogP contribution in [-0.4, -0.2) is 5.88 Å². The number of alkyl halides is 1. The topological polar surface area (TPSA) is 0 Å². The molecule has 0 unspecified atom stereocenters. The van der Waals surface area contributed by atoms with Gasteiger partial charge in [-0.1, -0.05) is 38.2 Å². The van der Waals surface area contributed by atoms with Gasteiger partial charge in [-0.15, -0.1) is 11.6 Å². The van der Waals surface area contributed by atoms with Gasteiger partial charge in [-0.25, -0.2) is 0 Å². The van der Waals surface area contributed by atoms with Crippen molar-refractivity contribution in [1.82, 2.24) is 0 Å². The average Bonchev–Trinajstić information content (AvgIpc) is 1.93. The van der Waals surface area contributed by atoms with Gasteiger partial charge in [-0.2, -0.15) is 0 Å². The molecule has 0 bridgehead atoms. The fourth-order valence-corrected chi connectivity index (χ4v) is 0.335. The SMILES string of the molecule is C=C/C=C(\C)CCl.CC. The van der Waals surface area contributed by atoms with E-state index in [0.717, 1.165) is 5.57 Å². The minimum atomic E-state index is 0.603. The maximum atomic E-state index is 5.41. The molecular weight excluding hydrogens is 132 g/mol. The quantitative estimate of drug-likeness (QED) is 0.414. The molecule has 0 aromatic carbocycles. The molecule has 0 N–H and O–H groups in total. The lowest BCUT2D eigenvalue weighted by Gasteiger charge is -1.84. The molecule has 0 aliphatic rings. The van der Waals surface area contributed by atoms with Crippen LogP contribution in [0.4, 0.5) is 0 Å². The van der Waals surface area contributed by atoms with Crippen molar-refractivity contribution in [1.29, 1.82) is 0 Å². The molecular formula is C8H15Cl. The highest BCUT2D eigenvalue weighted by Gasteiger charge is 1.76. The maximum Gasteiger partial charge on any atom is 0.0433 e. The zero-order valence-corrected chi connectivity index (χ0v) is 7.20. The molecule has 0 nitrogen and oxygen atoms in total. The molecule has 0 aromatic rings. The zero-order chi connectivity index (χ0) is 7.70. The van der Waals surface area contributed by atoms with Gasteiger partial charge in [0.05, 0.1) is 0 Å². The summed E-state index contributed by atoms with van der Waals surface area (Å²) < 4.78 is 0. The molecule has 54 valence electrons. The summed E-state index contributed by atoms with van der Waals surface area (Å²) in [7, 11) is 0. The lowest BCUT2D eigenvalue weighted by Crippen LogP contribution is -1.71. The van der Waals surface area contributed by atoms with Crippen LogP contribution in [0.3, 0.4) is 0 Å². The summed E-state index contributed by atoms with van der Waals surface area (Å²) in [5.74, 6) is 0.603. The first-order chi connectivity index (χ1) is 4.31. The second kappa shape index (κ2) is 10.7. The Morgan fingerprint density at radius 1 is 1.56 bits per heavy atom. The predicted octanol–water partition coefficient (Wildman–Crippen LogP) is 3.38. The molecule has 0 aromatic heterocycles. The van der Waals surface area contributed by atoms with Crippen molar-refractivity contribution in [3.8, 4) is 0 Å². The normalized spacial score (nSPS) is 9.56. The third-order valence-electron chi connectivity index (χ3n) is 0.613. The molecule has 0 aliphatic carbocycles. The summed E-state index contributed by atoms with van der Waals surface area (Å²) in [6, 6.07) is 0. The van der Waals surface area contributed by atoms with E-state index in [-0.39, 0.29) is 0 Å². The van der Waals surface area contributed by atoms with E-state index < -0.39 is 0 Å². The number of allylic oxidation sites excluding steroid dienone is 3. The van der Waals surface area contributed by atoms with Gasteiger partial charge in [-0.05, 0) is 6.92 Å². The van der Waals surface area contributed by atoms with E-state index in [2.05, 4.69) is 6.58 Å². The average molecular weight is 147 g/mol. The van der Waals surface area contributed by atoms with Crippen molar-refractivity contribution in [2.75, 3.05) is 5.88 Å². The smallest absolute Gasteiger partial charge is 0.0433 e. The summed E-state index contributed by atoms with van der Waals surface area (Å²) in [6.45, 7) is 9.48. The fraction of sp³-hybridized carbons (Fsp3) is 0.500. The highest BCUT2D eigenvalue weighted by Crippen LogP contribution is 1.93. The van der Waals surface area contributed by atoms with Crippen LogP contribution in [0.2, 0.25) is 0 Å². The van der Waals surface area contributed by atoms with E-state index in [4.69, 9.17) is 11.6 Å². The largest absolute Gasteiger partial charge is 0.122 e. The molecule has 0 saturated heterocycles. The van der Waals surface area contributed by atoms with Gasteiger partial charge in [0.1, 0.15) is 0 Å². The molecule has 0 spiro atoms. The Hall–Kier alpha value is -0.230. The van der Waals surface area contributed by atoms with Gasteiger partial charge >= 0.3 is 0 Å². The van der Waals surface area contributed by atoms with Crippen LogP contribution < -0.4 is 0 Å². The van der Waals surface area contributed by atoms with E-state index in [1.165, 1.54) is 0 Å². The molecule has 9 heavy (non-hydrogen) atoms. The van der Waals surface area contributed by atoms with Gasteiger partial charge in [0.2, 0.25) is 0 Å². The Balaban J connectivity index is 0. The van der Waals surface area contributed by atoms with E-state index in [0.29, 0.717) is 5.88 Å². The molecule has 0 radical (unpaired) electrons. The second-order valence-corrected chi connectivity index (χ2v) is 1.65. The lowest BCUT2D eigenvalue weighted by molar-refractivity contribution is 1.40. The van der Waals surface area contributed by atoms with Crippen LogP contribution in [-0.2, 0) is 0 Å². The van der Waals surface area contributed by atoms with Gasteiger partial charge < -0.3 is 0 Å². The summed E-state index contributed by atoms with van der Waals surface area (Å²) in [6.07, 6.45) is 3.63. The van der Waals surface area contributed by atoms with Crippen LogP contribution in [0.25, 0.3) is 0 Å². The third-order valence-corrected chi connectivity index (χ3v) is 1.03. The Labute approximate surface area is 63.2 Å². The number of hydrogen-bond acceptors (Lipinski definition) is 0. The van der Waals surface area contributed by atoms with Crippen molar-refractivity contribution >= 4 is 11.6 Å². The first-order valence-electron chi connectivity index (χ1n) is 3.15. The Morgan fingerprint density at radius 3 is 2.11 bits per heavy atom. The van der Waals surface area contributed by atoms with Crippen LogP contribution in [0.15, 0.2) is 24.3 Å². The number of hydrogen-bond donors (Lipinski definition) is 0. The van der Waals surface area contributed by atoms with Crippen molar-refractivity contribution < 1.29 is 0 Å². The predicted molar refractivity (Wildman–Crippen MR) is 46.0 cm³/mol. The monoisotopic (exact) mass is 146 g/mol. The van der Waals surface area contributed by atoms with Crippen molar-refractivity contribution in [2.24, 2.45) is 0 Å². The van der Waals surface area contributed by atoms with E-state index in [1.807, 2.05) is 26.8 Å². The Bertz CT molecular complexity index is 82.6. The van der Waals surface area contributed by atoms with Crippen molar-refractivity contribution in [3.63, 3.8) is 0 Å². The molecule has 0 fully saturated rings. The van der Waals surface area contributed by atoms with Gasteiger partial charge in [0.15, 0.2) is 0 Å². The van der Waals surface area contributed by atoms with Crippen molar-refractivity contribution in [2.45, 2.75) is 20.8 Å². The molecule has 0 heterocycles. The zero-order valence-electron chi connectivity index (χ0n) is 6.45. The third kappa shape index (κ3) is 11.4. The molecule has 0 amide bonds. The van der Waals surface area contributed by atoms with Gasteiger partial charge in [-0.3, -0.25) is 0 Å². The van der Waals surface area contributed by atoms with Gasteiger partial charge in [0, 0.05) is 5.88 Å². The first kappa shape index (κ1) is 11.6. The van der Waals surface area contributed by atoms with E-state index in [9.17, 15) is 0 Å². The van der Waals surface area contributed by atoms with Crippen LogP contribution in [0, 0.1) is 0 Å². The first-order valence-corrected chi connectivity index (χ1v) is 3.69. The summed E-state index contributed by atoms with van der Waals surface area (Å²) >= 11 is 5.41. The van der Waals surface area contributed by atoms with Crippen LogP contribution >= 0.6 is 11.6 Å².